The number of ether oxygens (including phenoxy) is 2. The van der Waals surface area contributed by atoms with Crippen LogP contribution in [0.2, 0.25) is 0 Å². The summed E-state index contributed by atoms with van der Waals surface area (Å²) < 4.78 is 10.2. The van der Waals surface area contributed by atoms with E-state index in [9.17, 15) is 9.59 Å². The van der Waals surface area contributed by atoms with Crippen molar-refractivity contribution in [2.24, 2.45) is 5.92 Å². The van der Waals surface area contributed by atoms with Crippen molar-refractivity contribution in [3.8, 4) is 5.75 Å². The molecule has 2 aromatic carbocycles. The van der Waals surface area contributed by atoms with E-state index in [-0.39, 0.29) is 12.4 Å². The Morgan fingerprint density at radius 1 is 1.04 bits per heavy atom. The fourth-order valence-corrected chi connectivity index (χ4v) is 2.64. The summed E-state index contributed by atoms with van der Waals surface area (Å²) in [4.78, 5) is 24.0. The van der Waals surface area contributed by atoms with Crippen molar-refractivity contribution in [2.45, 2.75) is 20.3 Å². The summed E-state index contributed by atoms with van der Waals surface area (Å²) in [6, 6.07) is 15.5. The van der Waals surface area contributed by atoms with Crippen molar-refractivity contribution in [2.75, 3.05) is 13.7 Å². The number of Topliss-reactive ketones (excluding diaryl/α,β-unsaturated/α-hetero) is 1. The van der Waals surface area contributed by atoms with Crippen LogP contribution in [0.15, 0.2) is 48.5 Å². The molecule has 2 rings (SSSR count). The van der Waals surface area contributed by atoms with E-state index in [1.807, 2.05) is 60.7 Å². The summed E-state index contributed by atoms with van der Waals surface area (Å²) >= 11 is 0. The average molecular weight is 352 g/mol. The predicted molar refractivity (Wildman–Crippen MR) is 103 cm³/mol. The van der Waals surface area contributed by atoms with Crippen molar-refractivity contribution in [3.05, 3.63) is 65.2 Å². The molecule has 0 aromatic heterocycles. The van der Waals surface area contributed by atoms with Crippen molar-refractivity contribution in [1.82, 2.24) is 0 Å². The smallest absolute Gasteiger partial charge is 0.316 e. The van der Waals surface area contributed by atoms with Crippen molar-refractivity contribution in [1.29, 1.82) is 0 Å². The molecule has 0 radical (unpaired) electrons. The molecule has 26 heavy (non-hydrogen) atoms. The van der Waals surface area contributed by atoms with Gasteiger partial charge in [0.15, 0.2) is 0 Å². The van der Waals surface area contributed by atoms with E-state index in [1.54, 1.807) is 14.0 Å². The first-order valence-corrected chi connectivity index (χ1v) is 8.62. The first kappa shape index (κ1) is 19.4. The summed E-state index contributed by atoms with van der Waals surface area (Å²) in [5, 5.41) is 0. The fourth-order valence-electron chi connectivity index (χ4n) is 2.64. The molecule has 1 unspecified atom stereocenters. The van der Waals surface area contributed by atoms with Gasteiger partial charge in [-0.2, -0.15) is 0 Å². The van der Waals surface area contributed by atoms with Crippen LogP contribution in [0.4, 0.5) is 0 Å². The first-order chi connectivity index (χ1) is 12.5. The van der Waals surface area contributed by atoms with Gasteiger partial charge in [0.25, 0.3) is 0 Å². The number of ketones is 1. The molecule has 0 aliphatic rings. The molecule has 0 saturated heterocycles. The molecule has 0 fully saturated rings. The van der Waals surface area contributed by atoms with Crippen LogP contribution in [0, 0.1) is 5.92 Å². The number of rotatable bonds is 8. The summed E-state index contributed by atoms with van der Waals surface area (Å²) in [5.41, 5.74) is 2.94. The van der Waals surface area contributed by atoms with Gasteiger partial charge in [-0.1, -0.05) is 48.6 Å². The monoisotopic (exact) mass is 352 g/mol. The molecule has 0 spiro atoms. The Morgan fingerprint density at radius 2 is 1.73 bits per heavy atom. The molecule has 0 aliphatic carbocycles. The molecule has 0 N–H and O–H groups in total. The Morgan fingerprint density at radius 3 is 2.35 bits per heavy atom. The lowest BCUT2D eigenvalue weighted by Crippen LogP contribution is -2.26. The van der Waals surface area contributed by atoms with E-state index in [2.05, 4.69) is 0 Å². The number of carbonyl (C=O) groups excluding carboxylic acids is 2. The third-order valence-electron chi connectivity index (χ3n) is 4.11. The average Bonchev–Trinajstić information content (AvgIpc) is 2.65. The van der Waals surface area contributed by atoms with E-state index in [0.29, 0.717) is 6.42 Å². The highest BCUT2D eigenvalue weighted by Gasteiger charge is 2.25. The molecular formula is C22H24O4. The second-order valence-corrected chi connectivity index (χ2v) is 5.92. The third kappa shape index (κ3) is 5.31. The van der Waals surface area contributed by atoms with Gasteiger partial charge in [-0.25, -0.2) is 0 Å². The van der Waals surface area contributed by atoms with Crippen LogP contribution >= 0.6 is 0 Å². The van der Waals surface area contributed by atoms with E-state index in [1.165, 1.54) is 6.92 Å². The van der Waals surface area contributed by atoms with Crippen molar-refractivity contribution in [3.63, 3.8) is 0 Å². The van der Waals surface area contributed by atoms with Gasteiger partial charge in [-0.05, 0) is 49.1 Å². The molecule has 0 heterocycles. The number of carbonyl (C=O) groups is 2. The highest BCUT2D eigenvalue weighted by Crippen LogP contribution is 2.20. The fraction of sp³-hybridized carbons (Fsp3) is 0.273. The standard InChI is InChI=1S/C22H24O4/c1-4-26-22(24)21(16(2)23)15-19-8-6-5-7-18(19)12-9-17-10-13-20(25-3)14-11-17/h5-14,21H,4,15H2,1-3H3/b12-9+. The minimum absolute atomic E-state index is 0.183. The zero-order valence-corrected chi connectivity index (χ0v) is 15.4. The molecule has 4 nitrogen and oxygen atoms in total. The number of methoxy groups -OCH3 is 1. The van der Waals surface area contributed by atoms with E-state index in [0.717, 1.165) is 22.4 Å². The summed E-state index contributed by atoms with van der Waals surface area (Å²) in [5.74, 6) is -0.613. The Balaban J connectivity index is 2.21. The lowest BCUT2D eigenvalue weighted by atomic mass is 9.92. The zero-order chi connectivity index (χ0) is 18.9. The molecule has 0 amide bonds. The highest BCUT2D eigenvalue weighted by molar-refractivity contribution is 5.98. The Hall–Kier alpha value is -2.88. The minimum atomic E-state index is -0.773. The molecule has 136 valence electrons. The van der Waals surface area contributed by atoms with Crippen LogP contribution in [-0.4, -0.2) is 25.5 Å². The van der Waals surface area contributed by atoms with E-state index >= 15 is 0 Å². The zero-order valence-electron chi connectivity index (χ0n) is 15.4. The number of hydrogen-bond acceptors (Lipinski definition) is 4. The maximum atomic E-state index is 12.1. The lowest BCUT2D eigenvalue weighted by Gasteiger charge is -2.14. The Labute approximate surface area is 154 Å². The van der Waals surface area contributed by atoms with Crippen molar-refractivity contribution >= 4 is 23.9 Å². The quantitative estimate of drug-likeness (QED) is 0.406. The second-order valence-electron chi connectivity index (χ2n) is 5.92. The number of benzene rings is 2. The molecule has 0 saturated carbocycles. The molecule has 0 bridgehead atoms. The maximum absolute atomic E-state index is 12.1. The van der Waals surface area contributed by atoms with E-state index < -0.39 is 11.9 Å². The van der Waals surface area contributed by atoms with Gasteiger partial charge < -0.3 is 9.47 Å². The summed E-state index contributed by atoms with van der Waals surface area (Å²) in [6.07, 6.45) is 4.31. The largest absolute Gasteiger partial charge is 0.497 e. The summed E-state index contributed by atoms with van der Waals surface area (Å²) in [6.45, 7) is 3.43. The van der Waals surface area contributed by atoms with Gasteiger partial charge in [0.2, 0.25) is 0 Å². The summed E-state index contributed by atoms with van der Waals surface area (Å²) in [7, 11) is 1.64. The van der Waals surface area contributed by atoms with Crippen LogP contribution in [0.25, 0.3) is 12.2 Å². The van der Waals surface area contributed by atoms with Gasteiger partial charge in [0.05, 0.1) is 13.7 Å². The molecule has 4 heteroatoms. The Kier molecular flexibility index (Phi) is 7.15. The molecule has 2 aromatic rings. The first-order valence-electron chi connectivity index (χ1n) is 8.62. The van der Waals surface area contributed by atoms with Crippen LogP contribution in [0.1, 0.15) is 30.5 Å². The maximum Gasteiger partial charge on any atom is 0.316 e. The van der Waals surface area contributed by atoms with Gasteiger partial charge in [0, 0.05) is 0 Å². The molecule has 1 atom stereocenters. The Bertz CT molecular complexity index is 775. The van der Waals surface area contributed by atoms with Gasteiger partial charge in [-0.15, -0.1) is 0 Å². The minimum Gasteiger partial charge on any atom is -0.497 e. The molecule has 0 aliphatic heterocycles. The SMILES string of the molecule is CCOC(=O)C(Cc1ccccc1/C=C/c1ccc(OC)cc1)C(C)=O. The topological polar surface area (TPSA) is 52.6 Å². The van der Waals surface area contributed by atoms with Gasteiger partial charge in [0.1, 0.15) is 17.5 Å². The van der Waals surface area contributed by atoms with E-state index in [4.69, 9.17) is 9.47 Å². The second kappa shape index (κ2) is 9.56. The van der Waals surface area contributed by atoms with Crippen LogP contribution in [-0.2, 0) is 20.7 Å². The normalized spacial score (nSPS) is 12.0. The number of hydrogen-bond donors (Lipinski definition) is 0. The lowest BCUT2D eigenvalue weighted by molar-refractivity contribution is -0.151. The van der Waals surface area contributed by atoms with Crippen LogP contribution < -0.4 is 4.74 Å². The van der Waals surface area contributed by atoms with Gasteiger partial charge >= 0.3 is 5.97 Å². The number of esters is 1. The molecular weight excluding hydrogens is 328 g/mol. The van der Waals surface area contributed by atoms with Gasteiger partial charge in [-0.3, -0.25) is 9.59 Å². The van der Waals surface area contributed by atoms with Crippen LogP contribution in [0.5, 0.6) is 5.75 Å². The van der Waals surface area contributed by atoms with Crippen molar-refractivity contribution < 1.29 is 19.1 Å². The third-order valence-corrected chi connectivity index (χ3v) is 4.11. The van der Waals surface area contributed by atoms with Crippen LogP contribution in [0.3, 0.4) is 0 Å². The predicted octanol–water partition coefficient (Wildman–Crippen LogP) is 4.18. The highest BCUT2D eigenvalue weighted by atomic mass is 16.5.